The van der Waals surface area contributed by atoms with Crippen molar-refractivity contribution in [1.82, 2.24) is 0 Å². The second kappa shape index (κ2) is 3.01. The van der Waals surface area contributed by atoms with Gasteiger partial charge < -0.3 is 4.74 Å². The second-order valence-corrected chi connectivity index (χ2v) is 10.4. The van der Waals surface area contributed by atoms with Crippen molar-refractivity contribution in [2.45, 2.75) is 10.5 Å². The molecule has 7 unspecified atom stereocenters. The number of esters is 1. The molecule has 2 nitrogen and oxygen atoms in total. The fourth-order valence-electron chi connectivity index (χ4n) is 7.16. The molecule has 102 valence electrons. The molecule has 8 aliphatic rings. The van der Waals surface area contributed by atoms with Crippen LogP contribution in [-0.4, -0.2) is 28.7 Å². The number of carbonyl (C=O) groups excluding carboxylic acids is 1. The van der Waals surface area contributed by atoms with E-state index in [1.165, 1.54) is 11.5 Å². The smallest absolute Gasteiger partial charge is 0.308 e. The molecule has 0 aromatic rings. The van der Waals surface area contributed by atoms with Gasteiger partial charge in [0.1, 0.15) is 0 Å². The van der Waals surface area contributed by atoms with Gasteiger partial charge in [-0.2, -0.15) is 0 Å². The number of ether oxygens (including phenoxy) is 1. The lowest BCUT2D eigenvalue weighted by atomic mass is 9.65. The summed E-state index contributed by atoms with van der Waals surface area (Å²) in [6, 6.07) is 0. The van der Waals surface area contributed by atoms with E-state index >= 15 is 0 Å². The Hall–Kier alpha value is 0.170. The fourth-order valence-corrected chi connectivity index (χ4v) is 11.3. The van der Waals surface area contributed by atoms with E-state index in [1.54, 1.807) is 7.11 Å². The maximum Gasteiger partial charge on any atom is 0.308 e. The predicted octanol–water partition coefficient (Wildman–Crippen LogP) is 2.34. The summed E-state index contributed by atoms with van der Waals surface area (Å²) < 4.78 is 5.71. The zero-order chi connectivity index (χ0) is 12.5. The van der Waals surface area contributed by atoms with Crippen molar-refractivity contribution in [3.63, 3.8) is 0 Å². The van der Waals surface area contributed by atoms with E-state index < -0.39 is 0 Å². The normalized spacial score (nSPS) is 64.2. The van der Waals surface area contributed by atoms with E-state index in [4.69, 9.17) is 4.74 Å². The molecule has 8 rings (SSSR count). The van der Waals surface area contributed by atoms with Crippen LogP contribution in [-0.2, 0) is 9.53 Å². The number of fused-ring (bicyclic) bond motifs is 1. The molecular formula is C15H18O2S2. The molecule has 8 fully saturated rings. The molecule has 0 aromatic heterocycles. The van der Waals surface area contributed by atoms with Crippen molar-refractivity contribution in [1.29, 1.82) is 0 Å². The number of rotatable bonds is 1. The first kappa shape index (κ1) is 10.8. The van der Waals surface area contributed by atoms with Crippen LogP contribution in [0.25, 0.3) is 0 Å². The summed E-state index contributed by atoms with van der Waals surface area (Å²) in [6.07, 6.45) is 1.16. The standard InChI is InChI=1S/C15H18O2S2/c1-17-14(16)6-4-5-8-10-7(6)11-9(5)13(11)15(12(8)10)18-2-3-19-15/h5-13H,2-4H2,1H3. The quantitative estimate of drug-likeness (QED) is 0.694. The van der Waals surface area contributed by atoms with Gasteiger partial charge in [-0.25, -0.2) is 0 Å². The van der Waals surface area contributed by atoms with E-state index in [2.05, 4.69) is 23.5 Å². The molecule has 19 heavy (non-hydrogen) atoms. The van der Waals surface area contributed by atoms with Gasteiger partial charge in [0.25, 0.3) is 0 Å². The second-order valence-electron chi connectivity index (χ2n) is 7.39. The predicted molar refractivity (Wildman–Crippen MR) is 75.7 cm³/mol. The first-order valence-corrected chi connectivity index (χ1v) is 9.62. The Bertz CT molecular complexity index is 474. The Morgan fingerprint density at radius 3 is 2.26 bits per heavy atom. The van der Waals surface area contributed by atoms with Crippen LogP contribution in [0.2, 0.25) is 0 Å². The molecule has 0 N–H and O–H groups in total. The largest absolute Gasteiger partial charge is 0.469 e. The van der Waals surface area contributed by atoms with E-state index in [-0.39, 0.29) is 11.9 Å². The third-order valence-electron chi connectivity index (χ3n) is 7.31. The third-order valence-corrected chi connectivity index (χ3v) is 11.1. The number of carbonyl (C=O) groups is 1. The highest BCUT2D eigenvalue weighted by molar-refractivity contribution is 8.21. The molecule has 0 amide bonds. The zero-order valence-electron chi connectivity index (χ0n) is 11.0. The van der Waals surface area contributed by atoms with E-state index in [0.717, 1.165) is 53.8 Å². The van der Waals surface area contributed by atoms with Crippen molar-refractivity contribution >= 4 is 29.5 Å². The zero-order valence-corrected chi connectivity index (χ0v) is 12.6. The topological polar surface area (TPSA) is 26.3 Å². The van der Waals surface area contributed by atoms with Crippen LogP contribution >= 0.6 is 23.5 Å². The highest BCUT2D eigenvalue weighted by Gasteiger charge is 2.90. The van der Waals surface area contributed by atoms with Crippen molar-refractivity contribution in [2.24, 2.45) is 53.3 Å². The Balaban J connectivity index is 1.44. The Kier molecular flexibility index (Phi) is 1.72. The van der Waals surface area contributed by atoms with Crippen LogP contribution in [0.3, 0.4) is 0 Å². The first-order chi connectivity index (χ1) is 9.29. The summed E-state index contributed by atoms with van der Waals surface area (Å²) in [7, 11) is 1.57. The van der Waals surface area contributed by atoms with Crippen LogP contribution in [0.4, 0.5) is 0 Å². The summed E-state index contributed by atoms with van der Waals surface area (Å²) in [5.41, 5.74) is 0. The van der Waals surface area contributed by atoms with E-state index in [9.17, 15) is 4.79 Å². The molecule has 0 aromatic carbocycles. The number of hydrogen-bond donors (Lipinski definition) is 0. The highest BCUT2D eigenvalue weighted by atomic mass is 32.2. The third kappa shape index (κ3) is 0.938. The monoisotopic (exact) mass is 294 g/mol. The minimum atomic E-state index is 0.103. The molecular weight excluding hydrogens is 276 g/mol. The van der Waals surface area contributed by atoms with Crippen LogP contribution in [0.1, 0.15) is 6.42 Å². The van der Waals surface area contributed by atoms with Gasteiger partial charge in [0.2, 0.25) is 0 Å². The average molecular weight is 294 g/mol. The molecule has 1 saturated heterocycles. The van der Waals surface area contributed by atoms with Gasteiger partial charge in [0.15, 0.2) is 0 Å². The molecule has 1 heterocycles. The molecule has 0 radical (unpaired) electrons. The van der Waals surface area contributed by atoms with Crippen LogP contribution in [0, 0.1) is 53.3 Å². The lowest BCUT2D eigenvalue weighted by Gasteiger charge is -2.39. The van der Waals surface area contributed by atoms with Gasteiger partial charge >= 0.3 is 5.97 Å². The average Bonchev–Trinajstić information content (AvgIpc) is 3.34. The van der Waals surface area contributed by atoms with Crippen LogP contribution < -0.4 is 0 Å². The summed E-state index contributed by atoms with van der Waals surface area (Å²) in [5, 5.41) is 0. The number of hydrogen-bond acceptors (Lipinski definition) is 4. The molecule has 7 atom stereocenters. The molecule has 1 aliphatic heterocycles. The fraction of sp³-hybridized carbons (Fsp3) is 0.933. The molecule has 7 aliphatic carbocycles. The lowest BCUT2D eigenvalue weighted by Crippen LogP contribution is -2.40. The van der Waals surface area contributed by atoms with Crippen LogP contribution in [0.15, 0.2) is 0 Å². The van der Waals surface area contributed by atoms with Crippen molar-refractivity contribution in [3.8, 4) is 0 Å². The van der Waals surface area contributed by atoms with Gasteiger partial charge in [-0.15, -0.1) is 23.5 Å². The molecule has 1 spiro atoms. The summed E-state index contributed by atoms with van der Waals surface area (Å²) in [6.45, 7) is 0. The Morgan fingerprint density at radius 2 is 1.68 bits per heavy atom. The van der Waals surface area contributed by atoms with Crippen LogP contribution in [0.5, 0.6) is 0 Å². The minimum absolute atomic E-state index is 0.103. The Labute approximate surface area is 121 Å². The number of methoxy groups -OCH3 is 1. The SMILES string of the molecule is COC(=O)C1CC2C3C4C1C1C2C1C1(SCCS1)C34. The van der Waals surface area contributed by atoms with Gasteiger partial charge in [0, 0.05) is 11.5 Å². The van der Waals surface area contributed by atoms with E-state index in [0.29, 0.717) is 4.08 Å². The first-order valence-electron chi connectivity index (χ1n) is 7.65. The van der Waals surface area contributed by atoms with Gasteiger partial charge in [0.05, 0.1) is 17.1 Å². The van der Waals surface area contributed by atoms with Gasteiger partial charge in [-0.1, -0.05) is 0 Å². The molecule has 8 bridgehead atoms. The molecule has 4 heteroatoms. The van der Waals surface area contributed by atoms with Crippen molar-refractivity contribution in [3.05, 3.63) is 0 Å². The maximum atomic E-state index is 12.1. The maximum absolute atomic E-state index is 12.1. The van der Waals surface area contributed by atoms with E-state index in [1.807, 2.05) is 0 Å². The van der Waals surface area contributed by atoms with Gasteiger partial charge in [-0.05, 0) is 53.8 Å². The molecule has 7 saturated carbocycles. The highest BCUT2D eigenvalue weighted by Crippen LogP contribution is 2.92. The van der Waals surface area contributed by atoms with Crippen molar-refractivity contribution in [2.75, 3.05) is 18.6 Å². The summed E-state index contributed by atoms with van der Waals surface area (Å²) in [4.78, 5) is 12.1. The lowest BCUT2D eigenvalue weighted by molar-refractivity contribution is -0.152. The summed E-state index contributed by atoms with van der Waals surface area (Å²) >= 11 is 4.59. The summed E-state index contributed by atoms with van der Waals surface area (Å²) in [5.74, 6) is 10.5. The minimum Gasteiger partial charge on any atom is -0.469 e. The van der Waals surface area contributed by atoms with Crippen molar-refractivity contribution < 1.29 is 9.53 Å². The van der Waals surface area contributed by atoms with Gasteiger partial charge in [-0.3, -0.25) is 4.79 Å². The number of thioether (sulfide) groups is 2. The Morgan fingerprint density at radius 1 is 1.05 bits per heavy atom.